The molecule has 2 rings (SSSR count). The van der Waals surface area contributed by atoms with Gasteiger partial charge in [-0.2, -0.15) is 0 Å². The van der Waals surface area contributed by atoms with Crippen LogP contribution in [0.3, 0.4) is 0 Å². The zero-order chi connectivity index (χ0) is 13.1. The van der Waals surface area contributed by atoms with Crippen LogP contribution in [0.2, 0.25) is 0 Å². The normalized spacial score (nSPS) is 19.9. The van der Waals surface area contributed by atoms with Crippen molar-refractivity contribution >= 4 is 27.5 Å². The van der Waals surface area contributed by atoms with E-state index in [2.05, 4.69) is 22.9 Å². The Morgan fingerprint density at radius 3 is 3.00 bits per heavy atom. The molecule has 3 nitrogen and oxygen atoms in total. The molecule has 0 aromatic heterocycles. The summed E-state index contributed by atoms with van der Waals surface area (Å²) in [6.07, 6.45) is 3.49. The van der Waals surface area contributed by atoms with Crippen LogP contribution in [-0.2, 0) is 0 Å². The summed E-state index contributed by atoms with van der Waals surface area (Å²) >= 11 is 3.35. The monoisotopic (exact) mass is 310 g/mol. The minimum absolute atomic E-state index is 0.104. The third kappa shape index (κ3) is 2.86. The van der Waals surface area contributed by atoms with Gasteiger partial charge in [-0.05, 0) is 52.9 Å². The Labute approximate surface area is 116 Å². The molecule has 0 aliphatic carbocycles. The standard InChI is InChI=1S/C14H19BrN2O/c1-2-10-4-3-7-17(9-10)14(18)11-5-6-12(15)13(16)8-11/h5-6,8,10H,2-4,7,9,16H2,1H3. The fourth-order valence-corrected chi connectivity index (χ4v) is 2.69. The van der Waals surface area contributed by atoms with Gasteiger partial charge < -0.3 is 10.6 Å². The number of nitrogens with two attached hydrogens (primary N) is 1. The summed E-state index contributed by atoms with van der Waals surface area (Å²) in [7, 11) is 0. The molecule has 1 aromatic rings. The van der Waals surface area contributed by atoms with Gasteiger partial charge in [0.2, 0.25) is 0 Å². The number of nitrogens with zero attached hydrogens (tertiary/aromatic N) is 1. The minimum Gasteiger partial charge on any atom is -0.398 e. The molecule has 1 heterocycles. The Kier molecular flexibility index (Phi) is 4.27. The molecule has 4 heteroatoms. The van der Waals surface area contributed by atoms with Gasteiger partial charge in [0, 0.05) is 28.8 Å². The molecule has 1 atom stereocenters. The molecule has 1 aliphatic rings. The van der Waals surface area contributed by atoms with E-state index in [4.69, 9.17) is 5.73 Å². The summed E-state index contributed by atoms with van der Waals surface area (Å²) in [4.78, 5) is 14.3. The predicted octanol–water partition coefficient (Wildman–Crippen LogP) is 3.29. The second-order valence-corrected chi connectivity index (χ2v) is 5.76. The van der Waals surface area contributed by atoms with Crippen LogP contribution in [0.5, 0.6) is 0 Å². The number of carbonyl (C=O) groups is 1. The third-order valence-electron chi connectivity index (χ3n) is 3.63. The molecule has 0 saturated carbocycles. The van der Waals surface area contributed by atoms with Crippen LogP contribution >= 0.6 is 15.9 Å². The minimum atomic E-state index is 0.104. The molecule has 1 fully saturated rings. The summed E-state index contributed by atoms with van der Waals surface area (Å²) in [5.74, 6) is 0.753. The number of rotatable bonds is 2. The van der Waals surface area contributed by atoms with Crippen LogP contribution in [0.25, 0.3) is 0 Å². The number of hydrogen-bond donors (Lipinski definition) is 1. The van der Waals surface area contributed by atoms with Crippen molar-refractivity contribution in [3.63, 3.8) is 0 Å². The third-order valence-corrected chi connectivity index (χ3v) is 4.35. The highest BCUT2D eigenvalue weighted by Crippen LogP contribution is 2.24. The molecule has 2 N–H and O–H groups in total. The molecule has 1 aliphatic heterocycles. The van der Waals surface area contributed by atoms with Gasteiger partial charge in [-0.25, -0.2) is 0 Å². The molecule has 0 radical (unpaired) electrons. The zero-order valence-electron chi connectivity index (χ0n) is 10.7. The van der Waals surface area contributed by atoms with Crippen LogP contribution in [0.4, 0.5) is 5.69 Å². The number of carbonyl (C=O) groups excluding carboxylic acids is 1. The number of amides is 1. The summed E-state index contributed by atoms with van der Waals surface area (Å²) in [6.45, 7) is 3.94. The first kappa shape index (κ1) is 13.4. The van der Waals surface area contributed by atoms with Crippen molar-refractivity contribution in [1.29, 1.82) is 0 Å². The number of likely N-dealkylation sites (tertiary alicyclic amines) is 1. The number of benzene rings is 1. The van der Waals surface area contributed by atoms with E-state index in [1.54, 1.807) is 6.07 Å². The lowest BCUT2D eigenvalue weighted by molar-refractivity contribution is 0.0671. The zero-order valence-corrected chi connectivity index (χ0v) is 12.2. The lowest BCUT2D eigenvalue weighted by Crippen LogP contribution is -2.39. The van der Waals surface area contributed by atoms with E-state index < -0.39 is 0 Å². The van der Waals surface area contributed by atoms with Gasteiger partial charge in [0.25, 0.3) is 5.91 Å². The number of halogens is 1. The Morgan fingerprint density at radius 2 is 2.33 bits per heavy atom. The molecular weight excluding hydrogens is 292 g/mol. The summed E-state index contributed by atoms with van der Waals surface area (Å²) in [5, 5.41) is 0. The highest BCUT2D eigenvalue weighted by Gasteiger charge is 2.23. The number of hydrogen-bond acceptors (Lipinski definition) is 2. The van der Waals surface area contributed by atoms with Crippen LogP contribution in [0.15, 0.2) is 22.7 Å². The smallest absolute Gasteiger partial charge is 0.253 e. The van der Waals surface area contributed by atoms with Crippen molar-refractivity contribution in [2.24, 2.45) is 5.92 Å². The molecule has 1 unspecified atom stereocenters. The van der Waals surface area contributed by atoms with Crippen molar-refractivity contribution in [2.75, 3.05) is 18.8 Å². The average molecular weight is 311 g/mol. The second-order valence-electron chi connectivity index (χ2n) is 4.90. The first-order valence-corrected chi connectivity index (χ1v) is 7.25. The summed E-state index contributed by atoms with van der Waals surface area (Å²) in [5.41, 5.74) is 7.13. The molecular formula is C14H19BrN2O. The van der Waals surface area contributed by atoms with E-state index >= 15 is 0 Å². The average Bonchev–Trinajstić information content (AvgIpc) is 2.41. The maximum Gasteiger partial charge on any atom is 0.253 e. The second kappa shape index (κ2) is 5.74. The first-order chi connectivity index (χ1) is 8.61. The molecule has 1 amide bonds. The van der Waals surface area contributed by atoms with Crippen molar-refractivity contribution in [3.8, 4) is 0 Å². The van der Waals surface area contributed by atoms with Gasteiger partial charge in [-0.1, -0.05) is 13.3 Å². The summed E-state index contributed by atoms with van der Waals surface area (Å²) in [6, 6.07) is 5.42. The van der Waals surface area contributed by atoms with E-state index in [9.17, 15) is 4.79 Å². The maximum absolute atomic E-state index is 12.4. The van der Waals surface area contributed by atoms with E-state index in [0.29, 0.717) is 17.2 Å². The van der Waals surface area contributed by atoms with Crippen LogP contribution in [-0.4, -0.2) is 23.9 Å². The quantitative estimate of drug-likeness (QED) is 0.852. The Morgan fingerprint density at radius 1 is 1.56 bits per heavy atom. The highest BCUT2D eigenvalue weighted by molar-refractivity contribution is 9.10. The molecule has 0 spiro atoms. The number of piperidine rings is 1. The van der Waals surface area contributed by atoms with E-state index in [1.807, 2.05) is 17.0 Å². The van der Waals surface area contributed by atoms with Crippen molar-refractivity contribution in [2.45, 2.75) is 26.2 Å². The van der Waals surface area contributed by atoms with E-state index in [-0.39, 0.29) is 5.91 Å². The molecule has 1 aromatic carbocycles. The highest BCUT2D eigenvalue weighted by atomic mass is 79.9. The number of nitrogen functional groups attached to an aromatic ring is 1. The van der Waals surface area contributed by atoms with Gasteiger partial charge in [0.1, 0.15) is 0 Å². The van der Waals surface area contributed by atoms with Gasteiger partial charge in [0.05, 0.1) is 0 Å². The first-order valence-electron chi connectivity index (χ1n) is 6.46. The molecule has 18 heavy (non-hydrogen) atoms. The number of anilines is 1. The largest absolute Gasteiger partial charge is 0.398 e. The van der Waals surface area contributed by atoms with Gasteiger partial charge in [-0.15, -0.1) is 0 Å². The van der Waals surface area contributed by atoms with Crippen LogP contribution in [0, 0.1) is 5.92 Å². The maximum atomic E-state index is 12.4. The van der Waals surface area contributed by atoms with Crippen LogP contribution < -0.4 is 5.73 Å². The van der Waals surface area contributed by atoms with E-state index in [0.717, 1.165) is 30.4 Å². The molecule has 1 saturated heterocycles. The fourth-order valence-electron chi connectivity index (χ4n) is 2.44. The SMILES string of the molecule is CCC1CCCN(C(=O)c2ccc(Br)c(N)c2)C1. The van der Waals surface area contributed by atoms with Crippen molar-refractivity contribution in [1.82, 2.24) is 4.90 Å². The lowest BCUT2D eigenvalue weighted by atomic mass is 9.95. The predicted molar refractivity (Wildman–Crippen MR) is 77.5 cm³/mol. The Bertz CT molecular complexity index is 447. The lowest BCUT2D eigenvalue weighted by Gasteiger charge is -2.32. The summed E-state index contributed by atoms with van der Waals surface area (Å²) < 4.78 is 0.837. The molecule has 0 bridgehead atoms. The topological polar surface area (TPSA) is 46.3 Å². The van der Waals surface area contributed by atoms with Gasteiger partial charge >= 0.3 is 0 Å². The van der Waals surface area contributed by atoms with Gasteiger partial charge in [-0.3, -0.25) is 4.79 Å². The Hall–Kier alpha value is -1.03. The van der Waals surface area contributed by atoms with E-state index in [1.165, 1.54) is 6.42 Å². The van der Waals surface area contributed by atoms with Crippen molar-refractivity contribution in [3.05, 3.63) is 28.2 Å². The van der Waals surface area contributed by atoms with Crippen LogP contribution in [0.1, 0.15) is 36.5 Å². The van der Waals surface area contributed by atoms with Gasteiger partial charge in [0.15, 0.2) is 0 Å². The molecule has 98 valence electrons. The Balaban J connectivity index is 2.12. The van der Waals surface area contributed by atoms with Crippen molar-refractivity contribution < 1.29 is 4.79 Å². The fraction of sp³-hybridized carbons (Fsp3) is 0.500.